The maximum Gasteiger partial charge on any atom is 0.261 e. The lowest BCUT2D eigenvalue weighted by atomic mass is 9.90. The number of carbonyl (C=O) groups is 2. The lowest BCUT2D eigenvalue weighted by molar-refractivity contribution is -0.143. The molecule has 0 spiro atoms. The second-order valence-corrected chi connectivity index (χ2v) is 7.83. The smallest absolute Gasteiger partial charge is 0.261 e. The Morgan fingerprint density at radius 3 is 2.28 bits per heavy atom. The van der Waals surface area contributed by atoms with Crippen LogP contribution in [0.5, 0.6) is 0 Å². The van der Waals surface area contributed by atoms with Crippen LogP contribution in [-0.4, -0.2) is 43.5 Å². The van der Waals surface area contributed by atoms with Crippen LogP contribution in [0.2, 0.25) is 0 Å². The normalized spacial score (nSPS) is 23.6. The zero-order chi connectivity index (χ0) is 20.5. The standard InChI is InChI=1S/C23H27N3O3/c1-4-5-15-25-22(27)19-20(16-11-13-17(14-12-16)24(2)3)26(29-21(19)23(25)28)18-9-7-6-8-10-18/h6-14,19-21H,4-5,15H2,1-3H3/t19-,20+,21+/m0/s1. The second-order valence-electron chi connectivity index (χ2n) is 7.83. The number of hydroxylamine groups is 1. The van der Waals surface area contributed by atoms with Crippen molar-refractivity contribution in [1.82, 2.24) is 4.90 Å². The SMILES string of the molecule is CCCCN1C(=O)[C@H]2[C@@H](c3ccc(N(C)C)cc3)N(c3ccccc3)O[C@H]2C1=O. The minimum absolute atomic E-state index is 0.131. The average Bonchev–Trinajstić information content (AvgIpc) is 3.24. The topological polar surface area (TPSA) is 53.1 Å². The van der Waals surface area contributed by atoms with Crippen molar-refractivity contribution in [3.63, 3.8) is 0 Å². The molecule has 6 nitrogen and oxygen atoms in total. The van der Waals surface area contributed by atoms with E-state index in [2.05, 4.69) is 6.92 Å². The Labute approximate surface area is 171 Å². The monoisotopic (exact) mass is 393 g/mol. The molecule has 2 heterocycles. The van der Waals surface area contributed by atoms with Crippen LogP contribution in [0.3, 0.4) is 0 Å². The third-order valence-corrected chi connectivity index (χ3v) is 5.70. The molecular weight excluding hydrogens is 366 g/mol. The number of benzene rings is 2. The van der Waals surface area contributed by atoms with Crippen molar-refractivity contribution in [3.05, 3.63) is 60.2 Å². The van der Waals surface area contributed by atoms with E-state index in [4.69, 9.17) is 4.84 Å². The fourth-order valence-electron chi connectivity index (χ4n) is 4.12. The molecule has 3 atom stereocenters. The molecule has 4 rings (SSSR count). The Bertz CT molecular complexity index is 882. The lowest BCUT2D eigenvalue weighted by Crippen LogP contribution is -2.37. The fraction of sp³-hybridized carbons (Fsp3) is 0.391. The van der Waals surface area contributed by atoms with Crippen LogP contribution in [-0.2, 0) is 14.4 Å². The molecule has 0 radical (unpaired) electrons. The summed E-state index contributed by atoms with van der Waals surface area (Å²) in [6, 6.07) is 17.4. The molecule has 2 fully saturated rings. The van der Waals surface area contributed by atoms with Gasteiger partial charge in [0.1, 0.15) is 5.92 Å². The molecule has 0 unspecified atom stereocenters. The summed E-state index contributed by atoms with van der Waals surface area (Å²) >= 11 is 0. The molecule has 2 aromatic rings. The molecule has 6 heteroatoms. The highest BCUT2D eigenvalue weighted by Crippen LogP contribution is 2.46. The number of likely N-dealkylation sites (tertiary alicyclic amines) is 1. The number of para-hydroxylation sites is 1. The third kappa shape index (κ3) is 3.38. The summed E-state index contributed by atoms with van der Waals surface area (Å²) in [6.45, 7) is 2.51. The van der Waals surface area contributed by atoms with Gasteiger partial charge in [-0.3, -0.25) is 19.3 Å². The first kappa shape index (κ1) is 19.5. The van der Waals surface area contributed by atoms with Crippen molar-refractivity contribution in [3.8, 4) is 0 Å². The molecule has 29 heavy (non-hydrogen) atoms. The van der Waals surface area contributed by atoms with Gasteiger partial charge in [0.2, 0.25) is 5.91 Å². The number of imide groups is 1. The molecule has 2 aliphatic heterocycles. The molecule has 2 aromatic carbocycles. The number of anilines is 2. The van der Waals surface area contributed by atoms with E-state index in [0.29, 0.717) is 6.54 Å². The van der Waals surface area contributed by atoms with E-state index in [-0.39, 0.29) is 17.9 Å². The van der Waals surface area contributed by atoms with Crippen LogP contribution in [0.1, 0.15) is 31.4 Å². The summed E-state index contributed by atoms with van der Waals surface area (Å²) in [7, 11) is 3.98. The molecule has 2 aliphatic rings. The number of hydrogen-bond acceptors (Lipinski definition) is 5. The third-order valence-electron chi connectivity index (χ3n) is 5.70. The predicted molar refractivity (Wildman–Crippen MR) is 112 cm³/mol. The minimum Gasteiger partial charge on any atom is -0.378 e. The highest BCUT2D eigenvalue weighted by molar-refractivity contribution is 6.07. The van der Waals surface area contributed by atoms with E-state index in [0.717, 1.165) is 29.8 Å². The van der Waals surface area contributed by atoms with Gasteiger partial charge in [0.25, 0.3) is 5.91 Å². The summed E-state index contributed by atoms with van der Waals surface area (Å²) in [4.78, 5) is 35.7. The van der Waals surface area contributed by atoms with Gasteiger partial charge in [0.05, 0.1) is 11.7 Å². The van der Waals surface area contributed by atoms with Crippen LogP contribution >= 0.6 is 0 Å². The van der Waals surface area contributed by atoms with Crippen LogP contribution in [0.15, 0.2) is 54.6 Å². The molecule has 2 amide bonds. The predicted octanol–water partition coefficient (Wildman–Crippen LogP) is 3.40. The van der Waals surface area contributed by atoms with Gasteiger partial charge in [0, 0.05) is 26.3 Å². The van der Waals surface area contributed by atoms with Gasteiger partial charge >= 0.3 is 0 Å². The quantitative estimate of drug-likeness (QED) is 0.704. The molecule has 0 saturated carbocycles. The molecule has 0 N–H and O–H groups in total. The number of nitrogens with zero attached hydrogens (tertiary/aromatic N) is 3. The number of rotatable bonds is 6. The Hall–Kier alpha value is -2.86. The number of unbranched alkanes of at least 4 members (excludes halogenated alkanes) is 1. The van der Waals surface area contributed by atoms with E-state index in [9.17, 15) is 9.59 Å². The first-order valence-electron chi connectivity index (χ1n) is 10.2. The Kier molecular flexibility index (Phi) is 5.28. The zero-order valence-electron chi connectivity index (χ0n) is 17.1. The van der Waals surface area contributed by atoms with Crippen LogP contribution in [0.4, 0.5) is 11.4 Å². The van der Waals surface area contributed by atoms with Gasteiger partial charge in [-0.1, -0.05) is 43.7 Å². The van der Waals surface area contributed by atoms with Crippen LogP contribution in [0, 0.1) is 5.92 Å². The molecular formula is C23H27N3O3. The Morgan fingerprint density at radius 2 is 1.66 bits per heavy atom. The van der Waals surface area contributed by atoms with Crippen molar-refractivity contribution < 1.29 is 14.4 Å². The molecule has 2 saturated heterocycles. The van der Waals surface area contributed by atoms with Gasteiger partial charge in [-0.2, -0.15) is 0 Å². The number of fused-ring (bicyclic) bond motifs is 1. The molecule has 0 aromatic heterocycles. The summed E-state index contributed by atoms with van der Waals surface area (Å²) in [6.07, 6.45) is 0.971. The Balaban J connectivity index is 1.72. The fourth-order valence-corrected chi connectivity index (χ4v) is 4.12. The second kappa shape index (κ2) is 7.87. The van der Waals surface area contributed by atoms with E-state index in [1.54, 1.807) is 5.06 Å². The maximum atomic E-state index is 13.2. The van der Waals surface area contributed by atoms with E-state index < -0.39 is 12.0 Å². The van der Waals surface area contributed by atoms with E-state index in [1.807, 2.05) is 73.6 Å². The first-order valence-corrected chi connectivity index (χ1v) is 10.2. The summed E-state index contributed by atoms with van der Waals surface area (Å²) < 4.78 is 0. The van der Waals surface area contributed by atoms with Gasteiger partial charge < -0.3 is 4.90 Å². The van der Waals surface area contributed by atoms with Gasteiger partial charge in [0.15, 0.2) is 6.10 Å². The van der Waals surface area contributed by atoms with Crippen molar-refractivity contribution in [1.29, 1.82) is 0 Å². The molecule has 0 bridgehead atoms. The summed E-state index contributed by atoms with van der Waals surface area (Å²) in [5.74, 6) is -0.889. The number of hydrogen-bond donors (Lipinski definition) is 0. The van der Waals surface area contributed by atoms with Crippen molar-refractivity contribution >= 4 is 23.2 Å². The highest BCUT2D eigenvalue weighted by Gasteiger charge is 2.59. The van der Waals surface area contributed by atoms with Crippen LogP contribution in [0.25, 0.3) is 0 Å². The average molecular weight is 393 g/mol. The van der Waals surface area contributed by atoms with E-state index in [1.165, 1.54) is 4.90 Å². The molecule has 0 aliphatic carbocycles. The number of carbonyl (C=O) groups excluding carboxylic acids is 2. The van der Waals surface area contributed by atoms with Crippen molar-refractivity contribution in [2.45, 2.75) is 31.9 Å². The number of amides is 2. The van der Waals surface area contributed by atoms with Crippen molar-refractivity contribution in [2.75, 3.05) is 30.6 Å². The van der Waals surface area contributed by atoms with Crippen molar-refractivity contribution in [2.24, 2.45) is 5.92 Å². The van der Waals surface area contributed by atoms with Crippen LogP contribution < -0.4 is 9.96 Å². The Morgan fingerprint density at radius 1 is 0.966 bits per heavy atom. The largest absolute Gasteiger partial charge is 0.378 e. The summed E-state index contributed by atoms with van der Waals surface area (Å²) in [5, 5.41) is 1.74. The minimum atomic E-state index is -0.766. The van der Waals surface area contributed by atoms with Gasteiger partial charge in [-0.05, 0) is 36.2 Å². The lowest BCUT2D eigenvalue weighted by Gasteiger charge is -2.29. The van der Waals surface area contributed by atoms with Gasteiger partial charge in [-0.15, -0.1) is 0 Å². The van der Waals surface area contributed by atoms with Gasteiger partial charge in [-0.25, -0.2) is 5.06 Å². The zero-order valence-corrected chi connectivity index (χ0v) is 17.1. The van der Waals surface area contributed by atoms with E-state index >= 15 is 0 Å². The summed E-state index contributed by atoms with van der Waals surface area (Å²) in [5.41, 5.74) is 2.88. The molecule has 152 valence electrons. The first-order chi connectivity index (χ1) is 14.0. The highest BCUT2D eigenvalue weighted by atomic mass is 16.7. The maximum absolute atomic E-state index is 13.2.